The van der Waals surface area contributed by atoms with Crippen molar-refractivity contribution in [3.63, 3.8) is 0 Å². The number of nitrogens with zero attached hydrogens (tertiary/aromatic N) is 5. The summed E-state index contributed by atoms with van der Waals surface area (Å²) in [7, 11) is 3.91. The molecule has 3 aromatic rings. The maximum atomic E-state index is 12.5. The number of rotatable bonds is 4. The summed E-state index contributed by atoms with van der Waals surface area (Å²) >= 11 is 1.34. The monoisotopic (exact) mass is 316 g/mol. The minimum absolute atomic E-state index is 0.267. The summed E-state index contributed by atoms with van der Waals surface area (Å²) in [6, 6.07) is 5.70. The molecule has 0 aliphatic heterocycles. The van der Waals surface area contributed by atoms with E-state index in [4.69, 9.17) is 0 Å². The molecule has 3 heterocycles. The third-order valence-electron chi connectivity index (χ3n) is 3.06. The van der Waals surface area contributed by atoms with Crippen LogP contribution in [0.1, 0.15) is 21.2 Å². The Bertz CT molecular complexity index is 822. The van der Waals surface area contributed by atoms with Crippen molar-refractivity contribution in [1.29, 1.82) is 0 Å². The Kier molecular flexibility index (Phi) is 3.86. The molecule has 0 spiro atoms. The number of nitrogens with one attached hydrogen (secondary N) is 1. The minimum atomic E-state index is -0.267. The average molecular weight is 316 g/mol. The molecular formula is C14H16N6OS. The second kappa shape index (κ2) is 5.82. The van der Waals surface area contributed by atoms with Crippen LogP contribution in [-0.4, -0.2) is 44.5 Å². The third-order valence-corrected chi connectivity index (χ3v) is 3.81. The summed E-state index contributed by atoms with van der Waals surface area (Å²) in [4.78, 5) is 19.0. The molecule has 1 N–H and O–H groups in total. The Morgan fingerprint density at radius 2 is 2.18 bits per heavy atom. The number of aryl methyl sites for hydroxylation is 1. The molecule has 22 heavy (non-hydrogen) atoms. The summed E-state index contributed by atoms with van der Waals surface area (Å²) in [6.45, 7) is 2.46. The predicted molar refractivity (Wildman–Crippen MR) is 85.2 cm³/mol. The molecule has 0 aliphatic carbocycles. The fourth-order valence-electron chi connectivity index (χ4n) is 2.18. The zero-order chi connectivity index (χ0) is 15.7. The Morgan fingerprint density at radius 3 is 2.86 bits per heavy atom. The van der Waals surface area contributed by atoms with Gasteiger partial charge in [-0.25, -0.2) is 4.98 Å². The smallest absolute Gasteiger partial charge is 0.278 e. The highest BCUT2D eigenvalue weighted by Crippen LogP contribution is 2.18. The van der Waals surface area contributed by atoms with Gasteiger partial charge in [0.25, 0.3) is 5.91 Å². The van der Waals surface area contributed by atoms with Gasteiger partial charge in [-0.15, -0.1) is 10.2 Å². The van der Waals surface area contributed by atoms with Crippen molar-refractivity contribution in [3.8, 4) is 0 Å². The SMILES string of the molecule is Cc1nnc(NC(=O)c2nc3ccccn3c2CN(C)C)s1. The van der Waals surface area contributed by atoms with Crippen LogP contribution in [0.5, 0.6) is 0 Å². The average Bonchev–Trinajstić information content (AvgIpc) is 3.03. The van der Waals surface area contributed by atoms with Crippen molar-refractivity contribution < 1.29 is 4.79 Å². The summed E-state index contributed by atoms with van der Waals surface area (Å²) in [5.41, 5.74) is 2.00. The van der Waals surface area contributed by atoms with E-state index in [0.29, 0.717) is 17.4 Å². The third kappa shape index (κ3) is 2.83. The van der Waals surface area contributed by atoms with Gasteiger partial charge in [0.05, 0.1) is 5.69 Å². The van der Waals surface area contributed by atoms with Crippen molar-refractivity contribution in [2.75, 3.05) is 19.4 Å². The van der Waals surface area contributed by atoms with E-state index < -0.39 is 0 Å². The van der Waals surface area contributed by atoms with E-state index in [1.807, 2.05) is 54.7 Å². The molecule has 0 saturated carbocycles. The van der Waals surface area contributed by atoms with Gasteiger partial charge in [-0.1, -0.05) is 17.4 Å². The van der Waals surface area contributed by atoms with Gasteiger partial charge in [0.1, 0.15) is 10.7 Å². The van der Waals surface area contributed by atoms with Crippen LogP contribution in [0, 0.1) is 6.92 Å². The summed E-state index contributed by atoms with van der Waals surface area (Å²) in [6.07, 6.45) is 1.91. The first-order chi connectivity index (χ1) is 10.5. The largest absolute Gasteiger partial charge is 0.304 e. The van der Waals surface area contributed by atoms with Crippen LogP contribution in [0.3, 0.4) is 0 Å². The fourth-order valence-corrected chi connectivity index (χ4v) is 2.77. The molecule has 3 rings (SSSR count). The van der Waals surface area contributed by atoms with Crippen LogP contribution >= 0.6 is 11.3 Å². The number of fused-ring (bicyclic) bond motifs is 1. The molecule has 8 heteroatoms. The number of hydrogen-bond acceptors (Lipinski definition) is 6. The van der Waals surface area contributed by atoms with E-state index in [9.17, 15) is 4.79 Å². The van der Waals surface area contributed by atoms with Crippen molar-refractivity contribution in [2.24, 2.45) is 0 Å². The topological polar surface area (TPSA) is 75.4 Å². The van der Waals surface area contributed by atoms with Crippen LogP contribution in [0.25, 0.3) is 5.65 Å². The van der Waals surface area contributed by atoms with Crippen LogP contribution < -0.4 is 5.32 Å². The van der Waals surface area contributed by atoms with E-state index in [2.05, 4.69) is 20.5 Å². The first-order valence-corrected chi connectivity index (χ1v) is 7.58. The number of hydrogen-bond donors (Lipinski definition) is 1. The van der Waals surface area contributed by atoms with E-state index in [1.165, 1.54) is 11.3 Å². The van der Waals surface area contributed by atoms with E-state index >= 15 is 0 Å². The van der Waals surface area contributed by atoms with Crippen LogP contribution in [-0.2, 0) is 6.54 Å². The lowest BCUT2D eigenvalue weighted by molar-refractivity contribution is 0.102. The maximum absolute atomic E-state index is 12.5. The van der Waals surface area contributed by atoms with Crippen molar-refractivity contribution in [3.05, 3.63) is 40.8 Å². The second-order valence-electron chi connectivity index (χ2n) is 5.15. The van der Waals surface area contributed by atoms with Crippen LogP contribution in [0.15, 0.2) is 24.4 Å². The second-order valence-corrected chi connectivity index (χ2v) is 6.34. The molecule has 0 aliphatic rings. The van der Waals surface area contributed by atoms with Crippen molar-refractivity contribution >= 4 is 28.0 Å². The van der Waals surface area contributed by atoms with E-state index in [1.54, 1.807) is 0 Å². The number of carbonyl (C=O) groups excluding carboxylic acids is 1. The van der Waals surface area contributed by atoms with Gasteiger partial charge in [0, 0.05) is 12.7 Å². The minimum Gasteiger partial charge on any atom is -0.304 e. The molecule has 0 unspecified atom stereocenters. The van der Waals surface area contributed by atoms with Crippen LogP contribution in [0.2, 0.25) is 0 Å². The zero-order valence-corrected chi connectivity index (χ0v) is 13.4. The van der Waals surface area contributed by atoms with Gasteiger partial charge >= 0.3 is 0 Å². The predicted octanol–water partition coefficient (Wildman–Crippen LogP) is 1.81. The van der Waals surface area contributed by atoms with Gasteiger partial charge in [0.15, 0.2) is 5.69 Å². The lowest BCUT2D eigenvalue weighted by Gasteiger charge is -2.10. The van der Waals surface area contributed by atoms with Gasteiger partial charge in [0.2, 0.25) is 5.13 Å². The number of anilines is 1. The van der Waals surface area contributed by atoms with E-state index in [0.717, 1.165) is 16.3 Å². The van der Waals surface area contributed by atoms with Crippen molar-refractivity contribution in [2.45, 2.75) is 13.5 Å². The lowest BCUT2D eigenvalue weighted by Crippen LogP contribution is -2.19. The molecule has 0 bridgehead atoms. The van der Waals surface area contributed by atoms with Crippen molar-refractivity contribution in [1.82, 2.24) is 24.5 Å². The standard InChI is InChI=1S/C14H16N6OS/c1-9-17-18-14(22-9)16-13(21)12-10(8-19(2)3)20-7-5-4-6-11(20)15-12/h4-7H,8H2,1-3H3,(H,16,18,21). The maximum Gasteiger partial charge on any atom is 0.278 e. The van der Waals surface area contributed by atoms with Gasteiger partial charge < -0.3 is 9.30 Å². The Balaban J connectivity index is 1.99. The number of imidazole rings is 1. The number of carbonyl (C=O) groups is 1. The molecule has 1 amide bonds. The van der Waals surface area contributed by atoms with Gasteiger partial charge in [-0.2, -0.15) is 0 Å². The molecule has 114 valence electrons. The summed E-state index contributed by atoms with van der Waals surface area (Å²) in [5.74, 6) is -0.267. The van der Waals surface area contributed by atoms with Crippen LogP contribution in [0.4, 0.5) is 5.13 Å². The Morgan fingerprint density at radius 1 is 1.36 bits per heavy atom. The Labute approximate surface area is 131 Å². The number of amides is 1. The molecule has 0 radical (unpaired) electrons. The molecular weight excluding hydrogens is 300 g/mol. The highest BCUT2D eigenvalue weighted by atomic mass is 32.1. The molecule has 0 saturated heterocycles. The number of aromatic nitrogens is 4. The molecule has 3 aromatic heterocycles. The lowest BCUT2D eigenvalue weighted by atomic mass is 10.3. The van der Waals surface area contributed by atoms with E-state index in [-0.39, 0.29) is 5.91 Å². The zero-order valence-electron chi connectivity index (χ0n) is 12.6. The fraction of sp³-hybridized carbons (Fsp3) is 0.286. The Hall–Kier alpha value is -2.32. The van der Waals surface area contributed by atoms with Gasteiger partial charge in [-0.05, 0) is 33.2 Å². The molecule has 7 nitrogen and oxygen atoms in total. The molecule has 0 aromatic carbocycles. The number of pyridine rings is 1. The highest BCUT2D eigenvalue weighted by Gasteiger charge is 2.20. The molecule has 0 atom stereocenters. The molecule has 0 fully saturated rings. The highest BCUT2D eigenvalue weighted by molar-refractivity contribution is 7.15. The first-order valence-electron chi connectivity index (χ1n) is 6.77. The normalized spacial score (nSPS) is 11.3. The first kappa shape index (κ1) is 14.6. The summed E-state index contributed by atoms with van der Waals surface area (Å²) in [5, 5.41) is 11.9. The van der Waals surface area contributed by atoms with Gasteiger partial charge in [-0.3, -0.25) is 10.1 Å². The summed E-state index contributed by atoms with van der Waals surface area (Å²) < 4.78 is 1.93. The quantitative estimate of drug-likeness (QED) is 0.794.